The lowest BCUT2D eigenvalue weighted by Gasteiger charge is -2.36. The highest BCUT2D eigenvalue weighted by Gasteiger charge is 2.29. The van der Waals surface area contributed by atoms with Gasteiger partial charge in [-0.3, -0.25) is 9.59 Å². The first kappa shape index (κ1) is 24.3. The predicted molar refractivity (Wildman–Crippen MR) is 129 cm³/mol. The first-order chi connectivity index (χ1) is 15.0. The van der Waals surface area contributed by atoms with Crippen LogP contribution in [0, 0.1) is 20.8 Å². The van der Waals surface area contributed by atoms with Crippen molar-refractivity contribution in [3.63, 3.8) is 0 Å². The van der Waals surface area contributed by atoms with E-state index in [0.29, 0.717) is 35.5 Å². The number of rotatable bonds is 6. The van der Waals surface area contributed by atoms with Crippen molar-refractivity contribution in [2.24, 2.45) is 0 Å². The van der Waals surface area contributed by atoms with E-state index in [4.69, 9.17) is 11.6 Å². The number of halogens is 1. The zero-order valence-electron chi connectivity index (χ0n) is 18.9. The largest absolute Gasteiger partial charge is 0.368 e. The van der Waals surface area contributed by atoms with Gasteiger partial charge in [0.15, 0.2) is 0 Å². The summed E-state index contributed by atoms with van der Waals surface area (Å²) in [5.74, 6) is 0.0323. The van der Waals surface area contributed by atoms with Crippen LogP contribution < -0.4 is 15.8 Å². The summed E-state index contributed by atoms with van der Waals surface area (Å²) < 4.78 is 23.7. The zero-order chi connectivity index (χ0) is 23.6. The number of pyridine rings is 1. The van der Waals surface area contributed by atoms with E-state index in [1.807, 2.05) is 39.8 Å². The number of nitrogens with one attached hydrogen (secondary N) is 2. The lowest BCUT2D eigenvalue weighted by molar-refractivity contribution is 0.0950. The summed E-state index contributed by atoms with van der Waals surface area (Å²) in [6.07, 6.45) is 1.11. The second kappa shape index (κ2) is 9.67. The number of aryl methyl sites for hydroxylation is 2. The number of sulfone groups is 1. The molecule has 1 aliphatic heterocycles. The van der Waals surface area contributed by atoms with Crippen LogP contribution in [0.2, 0.25) is 5.02 Å². The van der Waals surface area contributed by atoms with Crippen LogP contribution >= 0.6 is 11.6 Å². The van der Waals surface area contributed by atoms with Gasteiger partial charge in [0.2, 0.25) is 0 Å². The molecule has 32 heavy (non-hydrogen) atoms. The van der Waals surface area contributed by atoms with Crippen molar-refractivity contribution >= 4 is 33.0 Å². The number of hydrogen-bond acceptors (Lipinski definition) is 5. The van der Waals surface area contributed by atoms with Crippen molar-refractivity contribution in [1.29, 1.82) is 0 Å². The van der Waals surface area contributed by atoms with E-state index in [1.165, 1.54) is 0 Å². The van der Waals surface area contributed by atoms with Gasteiger partial charge in [-0.25, -0.2) is 8.42 Å². The first-order valence-corrected chi connectivity index (χ1v) is 13.0. The van der Waals surface area contributed by atoms with Gasteiger partial charge in [-0.1, -0.05) is 11.6 Å². The van der Waals surface area contributed by atoms with Gasteiger partial charge in [-0.2, -0.15) is 0 Å². The minimum absolute atomic E-state index is 0.0744. The molecule has 1 aliphatic rings. The molecule has 0 radical (unpaired) electrons. The summed E-state index contributed by atoms with van der Waals surface area (Å²) in [6.45, 7) is 8.32. The molecule has 2 heterocycles. The summed E-state index contributed by atoms with van der Waals surface area (Å²) in [4.78, 5) is 30.2. The fraction of sp³-hybridized carbons (Fsp3) is 0.478. The van der Waals surface area contributed by atoms with E-state index in [9.17, 15) is 18.0 Å². The third-order valence-electron chi connectivity index (χ3n) is 6.12. The number of H-pyrrole nitrogens is 1. The second-order valence-corrected chi connectivity index (χ2v) is 11.1. The fourth-order valence-electron chi connectivity index (χ4n) is 4.38. The Bertz CT molecular complexity index is 1180. The number of hydrogen-bond donors (Lipinski definition) is 2. The van der Waals surface area contributed by atoms with Crippen LogP contribution in [0.3, 0.4) is 0 Å². The van der Waals surface area contributed by atoms with Gasteiger partial charge in [-0.15, -0.1) is 0 Å². The van der Waals surface area contributed by atoms with Crippen molar-refractivity contribution in [2.75, 3.05) is 23.0 Å². The van der Waals surface area contributed by atoms with Gasteiger partial charge in [0.1, 0.15) is 9.84 Å². The highest BCUT2D eigenvalue weighted by molar-refractivity contribution is 7.91. The number of carbonyl (C=O) groups is 1. The molecular weight excluding hydrogens is 450 g/mol. The summed E-state index contributed by atoms with van der Waals surface area (Å²) in [7, 11) is -2.97. The van der Waals surface area contributed by atoms with E-state index < -0.39 is 9.84 Å². The molecule has 0 aliphatic carbocycles. The highest BCUT2D eigenvalue weighted by Crippen LogP contribution is 2.32. The fourth-order valence-corrected chi connectivity index (χ4v) is 6.06. The molecule has 0 spiro atoms. The van der Waals surface area contributed by atoms with Crippen LogP contribution in [-0.4, -0.2) is 43.4 Å². The number of aromatic nitrogens is 1. The molecule has 1 aromatic heterocycles. The van der Waals surface area contributed by atoms with Crippen LogP contribution in [-0.2, 0) is 16.4 Å². The minimum Gasteiger partial charge on any atom is -0.368 e. The number of amides is 1. The number of anilines is 1. The molecule has 1 amide bonds. The SMILES string of the molecule is CCN(c1cc(Cl)cc(C(=O)NCc2c(C)cc(C)[nH]c2=O)c1C)C1CCS(=O)(=O)CC1. The van der Waals surface area contributed by atoms with Crippen LogP contribution in [0.4, 0.5) is 5.69 Å². The Morgan fingerprint density at radius 2 is 1.84 bits per heavy atom. The Labute approximate surface area is 194 Å². The molecule has 0 bridgehead atoms. The van der Waals surface area contributed by atoms with Crippen LogP contribution in [0.5, 0.6) is 0 Å². The Morgan fingerprint density at radius 1 is 1.19 bits per heavy atom. The molecule has 3 rings (SSSR count). The Hall–Kier alpha value is -2.32. The molecule has 1 fully saturated rings. The molecule has 7 nitrogen and oxygen atoms in total. The molecule has 2 N–H and O–H groups in total. The lowest BCUT2D eigenvalue weighted by atomic mass is 10.0. The summed E-state index contributed by atoms with van der Waals surface area (Å²) in [6, 6.07) is 5.40. The molecular formula is C23H30ClN3O4S. The molecule has 1 aromatic carbocycles. The first-order valence-electron chi connectivity index (χ1n) is 10.8. The molecule has 174 valence electrons. The average Bonchev–Trinajstić information content (AvgIpc) is 2.70. The van der Waals surface area contributed by atoms with E-state index in [0.717, 1.165) is 22.5 Å². The molecule has 2 aromatic rings. The Balaban J connectivity index is 1.85. The number of carbonyl (C=O) groups excluding carboxylic acids is 1. The summed E-state index contributed by atoms with van der Waals surface area (Å²) in [5.41, 5.74) is 3.94. The van der Waals surface area contributed by atoms with E-state index >= 15 is 0 Å². The van der Waals surface area contributed by atoms with Gasteiger partial charge in [0, 0.05) is 46.7 Å². The third-order valence-corrected chi connectivity index (χ3v) is 8.06. The van der Waals surface area contributed by atoms with E-state index in [2.05, 4.69) is 15.2 Å². The van der Waals surface area contributed by atoms with Crippen LogP contribution in [0.1, 0.15) is 52.5 Å². The topological polar surface area (TPSA) is 99.3 Å². The highest BCUT2D eigenvalue weighted by atomic mass is 35.5. The van der Waals surface area contributed by atoms with Crippen molar-refractivity contribution < 1.29 is 13.2 Å². The summed E-state index contributed by atoms with van der Waals surface area (Å²) >= 11 is 6.38. The third kappa shape index (κ3) is 5.35. The molecule has 0 unspecified atom stereocenters. The maximum Gasteiger partial charge on any atom is 0.253 e. The van der Waals surface area contributed by atoms with Crippen LogP contribution in [0.15, 0.2) is 23.0 Å². The molecule has 0 saturated carbocycles. The minimum atomic E-state index is -2.97. The van der Waals surface area contributed by atoms with Crippen molar-refractivity contribution in [3.8, 4) is 0 Å². The normalized spacial score (nSPS) is 16.0. The maximum absolute atomic E-state index is 13.0. The van der Waals surface area contributed by atoms with Gasteiger partial charge < -0.3 is 15.2 Å². The van der Waals surface area contributed by atoms with Crippen molar-refractivity contribution in [3.05, 3.63) is 61.5 Å². The molecule has 0 atom stereocenters. The smallest absolute Gasteiger partial charge is 0.253 e. The van der Waals surface area contributed by atoms with Crippen molar-refractivity contribution in [2.45, 2.75) is 53.1 Å². The monoisotopic (exact) mass is 479 g/mol. The lowest BCUT2D eigenvalue weighted by Crippen LogP contribution is -2.42. The van der Waals surface area contributed by atoms with Crippen molar-refractivity contribution in [1.82, 2.24) is 10.3 Å². The Morgan fingerprint density at radius 3 is 2.44 bits per heavy atom. The molecule has 9 heteroatoms. The second-order valence-electron chi connectivity index (χ2n) is 8.39. The van der Waals surface area contributed by atoms with Gasteiger partial charge in [0.25, 0.3) is 11.5 Å². The zero-order valence-corrected chi connectivity index (χ0v) is 20.5. The van der Waals surface area contributed by atoms with Crippen LogP contribution in [0.25, 0.3) is 0 Å². The molecule has 1 saturated heterocycles. The number of aromatic amines is 1. The number of benzene rings is 1. The average molecular weight is 480 g/mol. The van der Waals surface area contributed by atoms with E-state index in [1.54, 1.807) is 6.07 Å². The summed E-state index contributed by atoms with van der Waals surface area (Å²) in [5, 5.41) is 3.28. The predicted octanol–water partition coefficient (Wildman–Crippen LogP) is 3.29. The number of nitrogens with zero attached hydrogens (tertiary/aromatic N) is 1. The van der Waals surface area contributed by atoms with Gasteiger partial charge in [-0.05, 0) is 69.9 Å². The standard InChI is InChI=1S/C23H30ClN3O4S/c1-5-27(18-6-8-32(30,31)9-7-18)21-12-17(24)11-19(16(21)4)22(28)25-13-20-14(2)10-15(3)26-23(20)29/h10-12,18H,5-9,13H2,1-4H3,(H,25,28)(H,26,29). The van der Waals surface area contributed by atoms with Gasteiger partial charge in [0.05, 0.1) is 11.5 Å². The van der Waals surface area contributed by atoms with E-state index in [-0.39, 0.29) is 35.6 Å². The van der Waals surface area contributed by atoms with Gasteiger partial charge >= 0.3 is 0 Å². The Kier molecular flexibility index (Phi) is 7.35. The maximum atomic E-state index is 13.0. The quantitative estimate of drug-likeness (QED) is 0.662.